The molecule has 0 amide bonds. The molecule has 4 aromatic rings. The third-order valence-corrected chi connectivity index (χ3v) is 6.05. The Labute approximate surface area is 189 Å². The highest BCUT2D eigenvalue weighted by Gasteiger charge is 2.22. The van der Waals surface area contributed by atoms with E-state index in [1.165, 1.54) is 18.3 Å². The van der Waals surface area contributed by atoms with E-state index in [0.717, 1.165) is 16.9 Å². The van der Waals surface area contributed by atoms with Crippen LogP contribution in [0.25, 0.3) is 16.7 Å². The summed E-state index contributed by atoms with van der Waals surface area (Å²) >= 11 is 0. The van der Waals surface area contributed by atoms with Crippen LogP contribution in [0.2, 0.25) is 0 Å². The first-order chi connectivity index (χ1) is 16.0. The predicted molar refractivity (Wildman–Crippen MR) is 125 cm³/mol. The minimum atomic E-state index is -0.337. The van der Waals surface area contributed by atoms with E-state index in [2.05, 4.69) is 25.3 Å². The Bertz CT molecular complexity index is 1330. The molecule has 170 valence electrons. The summed E-state index contributed by atoms with van der Waals surface area (Å²) in [6, 6.07) is 13.8. The van der Waals surface area contributed by atoms with Gasteiger partial charge in [0.1, 0.15) is 11.2 Å². The van der Waals surface area contributed by atoms with Gasteiger partial charge in [-0.15, -0.1) is 0 Å². The number of nitrogens with zero attached hydrogens (tertiary/aromatic N) is 4. The highest BCUT2D eigenvalue weighted by molar-refractivity contribution is 5.76. The number of aliphatic hydroxyl groups is 1. The summed E-state index contributed by atoms with van der Waals surface area (Å²) in [5.41, 5.74) is 2.58. The number of aliphatic hydroxyl groups excluding tert-OH is 1. The lowest BCUT2D eigenvalue weighted by atomic mass is 10.0. The molecule has 33 heavy (non-hydrogen) atoms. The van der Waals surface area contributed by atoms with Gasteiger partial charge in [-0.3, -0.25) is 9.78 Å². The van der Waals surface area contributed by atoms with E-state index in [-0.39, 0.29) is 29.5 Å². The lowest BCUT2D eigenvalue weighted by molar-refractivity contribution is 0.145. The number of benzene rings is 2. The zero-order chi connectivity index (χ0) is 22.9. The summed E-state index contributed by atoms with van der Waals surface area (Å²) in [4.78, 5) is 22.2. The van der Waals surface area contributed by atoms with Gasteiger partial charge in [0.05, 0.1) is 24.0 Å². The Morgan fingerprint density at radius 3 is 2.70 bits per heavy atom. The Morgan fingerprint density at radius 1 is 1.18 bits per heavy atom. The van der Waals surface area contributed by atoms with Crippen molar-refractivity contribution in [3.05, 3.63) is 76.5 Å². The fourth-order valence-corrected chi connectivity index (χ4v) is 4.29. The van der Waals surface area contributed by atoms with E-state index in [0.29, 0.717) is 37.0 Å². The summed E-state index contributed by atoms with van der Waals surface area (Å²) in [6.07, 6.45) is 2.55. The Kier molecular flexibility index (Phi) is 5.55. The quantitative estimate of drug-likeness (QED) is 0.433. The molecule has 1 unspecified atom stereocenters. The van der Waals surface area contributed by atoms with E-state index in [1.807, 2.05) is 37.3 Å². The zero-order valence-electron chi connectivity index (χ0n) is 18.2. The number of hydrogen-bond donors (Lipinski definition) is 3. The van der Waals surface area contributed by atoms with Gasteiger partial charge in [0.2, 0.25) is 5.95 Å². The van der Waals surface area contributed by atoms with Crippen molar-refractivity contribution >= 4 is 22.7 Å². The molecule has 1 saturated heterocycles. The van der Waals surface area contributed by atoms with Crippen LogP contribution in [0.15, 0.2) is 59.5 Å². The van der Waals surface area contributed by atoms with Crippen molar-refractivity contribution in [3.63, 3.8) is 0 Å². The number of nitrogens with one attached hydrogen (secondary N) is 2. The molecule has 1 atom stereocenters. The molecule has 5 rings (SSSR count). The number of fused-ring (bicyclic) bond motifs is 1. The molecule has 0 saturated carbocycles. The highest BCUT2D eigenvalue weighted by atomic mass is 19.1. The van der Waals surface area contributed by atoms with Gasteiger partial charge >= 0.3 is 0 Å². The Balaban J connectivity index is 1.48. The van der Waals surface area contributed by atoms with Crippen LogP contribution in [0.5, 0.6) is 0 Å². The number of hydrogen-bond acceptors (Lipinski definition) is 6. The molecule has 8 nitrogen and oxygen atoms in total. The van der Waals surface area contributed by atoms with E-state index in [1.54, 1.807) is 10.7 Å². The fourth-order valence-electron chi connectivity index (χ4n) is 4.29. The molecule has 0 spiro atoms. The predicted octanol–water partition coefficient (Wildman–Crippen LogP) is 3.38. The summed E-state index contributed by atoms with van der Waals surface area (Å²) in [5.74, 6) is -0.0551. The van der Waals surface area contributed by atoms with Crippen LogP contribution in [0.3, 0.4) is 0 Å². The topological polar surface area (TPSA) is 99.1 Å². The molecule has 2 aromatic carbocycles. The van der Waals surface area contributed by atoms with E-state index in [4.69, 9.17) is 0 Å². The summed E-state index contributed by atoms with van der Waals surface area (Å²) in [7, 11) is 0. The maximum atomic E-state index is 14.2. The standard InChI is InChI=1S/C24H25FN6O2/c1-15(19-13-16(25)7-8-21(19)30-11-9-18(32)10-12-30)27-24-28-22-20(23(33)29-24)14-26-31(22)17-5-3-2-4-6-17/h2-8,13-15,18,32H,9-12H2,1H3,(H2,27,28,29,33). The van der Waals surface area contributed by atoms with Crippen molar-refractivity contribution in [2.24, 2.45) is 0 Å². The number of halogens is 1. The molecule has 0 aliphatic carbocycles. The van der Waals surface area contributed by atoms with Crippen molar-refractivity contribution < 1.29 is 9.50 Å². The second-order valence-electron chi connectivity index (χ2n) is 8.33. The van der Waals surface area contributed by atoms with Crippen LogP contribution >= 0.6 is 0 Å². The zero-order valence-corrected chi connectivity index (χ0v) is 18.2. The van der Waals surface area contributed by atoms with Crippen molar-refractivity contribution in [1.29, 1.82) is 0 Å². The third kappa shape index (κ3) is 4.19. The minimum absolute atomic E-state index is 0.280. The first kappa shape index (κ1) is 21.1. The maximum Gasteiger partial charge on any atom is 0.263 e. The van der Waals surface area contributed by atoms with Crippen LogP contribution in [0.1, 0.15) is 31.4 Å². The number of anilines is 2. The third-order valence-electron chi connectivity index (χ3n) is 6.05. The molecular formula is C24H25FN6O2. The van der Waals surface area contributed by atoms with Gasteiger partial charge in [0.25, 0.3) is 5.56 Å². The Hall–Kier alpha value is -3.72. The lowest BCUT2D eigenvalue weighted by Gasteiger charge is -2.34. The second kappa shape index (κ2) is 8.67. The normalized spacial score (nSPS) is 15.7. The maximum absolute atomic E-state index is 14.2. The van der Waals surface area contributed by atoms with Crippen LogP contribution in [-0.2, 0) is 0 Å². The molecule has 2 aromatic heterocycles. The van der Waals surface area contributed by atoms with Crippen LogP contribution in [0.4, 0.5) is 16.0 Å². The average molecular weight is 449 g/mol. The van der Waals surface area contributed by atoms with Gasteiger partial charge in [0, 0.05) is 24.3 Å². The molecule has 0 bridgehead atoms. The summed E-state index contributed by atoms with van der Waals surface area (Å²) < 4.78 is 15.8. The number of aromatic amines is 1. The molecular weight excluding hydrogens is 423 g/mol. The van der Waals surface area contributed by atoms with Gasteiger partial charge in [-0.1, -0.05) is 18.2 Å². The molecule has 0 radical (unpaired) electrons. The van der Waals surface area contributed by atoms with Crippen molar-refractivity contribution in [2.45, 2.75) is 31.9 Å². The smallest absolute Gasteiger partial charge is 0.263 e. The van der Waals surface area contributed by atoms with Gasteiger partial charge in [-0.05, 0) is 50.1 Å². The molecule has 1 aliphatic heterocycles. The van der Waals surface area contributed by atoms with Crippen LogP contribution in [0, 0.1) is 5.82 Å². The minimum Gasteiger partial charge on any atom is -0.393 e. The molecule has 1 aliphatic rings. The SMILES string of the molecule is CC(Nc1nc2c(cnn2-c2ccccc2)c(=O)[nH]1)c1cc(F)ccc1N1CCC(O)CC1. The number of aromatic nitrogens is 4. The second-order valence-corrected chi connectivity index (χ2v) is 8.33. The summed E-state index contributed by atoms with van der Waals surface area (Å²) in [5, 5.41) is 17.8. The number of H-pyrrole nitrogens is 1. The van der Waals surface area contributed by atoms with Gasteiger partial charge in [-0.25, -0.2) is 9.07 Å². The Morgan fingerprint density at radius 2 is 1.94 bits per heavy atom. The molecule has 9 heteroatoms. The number of rotatable bonds is 5. The van der Waals surface area contributed by atoms with Crippen molar-refractivity contribution in [3.8, 4) is 5.69 Å². The first-order valence-corrected chi connectivity index (χ1v) is 11.0. The van der Waals surface area contributed by atoms with Gasteiger partial charge in [-0.2, -0.15) is 10.1 Å². The molecule has 1 fully saturated rings. The summed E-state index contributed by atoms with van der Waals surface area (Å²) in [6.45, 7) is 3.30. The first-order valence-electron chi connectivity index (χ1n) is 11.0. The molecule has 3 N–H and O–H groups in total. The van der Waals surface area contributed by atoms with Crippen molar-refractivity contribution in [2.75, 3.05) is 23.3 Å². The van der Waals surface area contributed by atoms with Crippen LogP contribution < -0.4 is 15.8 Å². The highest BCUT2D eigenvalue weighted by Crippen LogP contribution is 2.31. The van der Waals surface area contributed by atoms with Crippen molar-refractivity contribution in [1.82, 2.24) is 19.7 Å². The van der Waals surface area contributed by atoms with Crippen LogP contribution in [-0.4, -0.2) is 44.0 Å². The van der Waals surface area contributed by atoms with E-state index < -0.39 is 0 Å². The molecule has 3 heterocycles. The van der Waals surface area contributed by atoms with Gasteiger partial charge in [0.15, 0.2) is 5.65 Å². The van der Waals surface area contributed by atoms with E-state index >= 15 is 0 Å². The van der Waals surface area contributed by atoms with E-state index in [9.17, 15) is 14.3 Å². The monoisotopic (exact) mass is 448 g/mol. The number of piperidine rings is 1. The number of para-hydroxylation sites is 1. The average Bonchev–Trinajstić information content (AvgIpc) is 3.25. The lowest BCUT2D eigenvalue weighted by Crippen LogP contribution is -2.36. The van der Waals surface area contributed by atoms with Gasteiger partial charge < -0.3 is 15.3 Å². The fraction of sp³-hybridized carbons (Fsp3) is 0.292. The largest absolute Gasteiger partial charge is 0.393 e.